The van der Waals surface area contributed by atoms with E-state index >= 15 is 0 Å². The van der Waals surface area contributed by atoms with Gasteiger partial charge in [-0.3, -0.25) is 4.79 Å². The number of methoxy groups -OCH3 is 1. The largest absolute Gasteiger partial charge is 0.383 e. The van der Waals surface area contributed by atoms with Crippen molar-refractivity contribution in [1.29, 1.82) is 0 Å². The minimum Gasteiger partial charge on any atom is -0.383 e. The summed E-state index contributed by atoms with van der Waals surface area (Å²) in [6, 6.07) is 0. The molecule has 0 radical (unpaired) electrons. The van der Waals surface area contributed by atoms with Crippen LogP contribution in [0.4, 0.5) is 0 Å². The molecule has 0 aliphatic heterocycles. The summed E-state index contributed by atoms with van der Waals surface area (Å²) < 4.78 is 4.81. The first-order valence-corrected chi connectivity index (χ1v) is 5.89. The summed E-state index contributed by atoms with van der Waals surface area (Å²) in [6.07, 6.45) is 0. The lowest BCUT2D eigenvalue weighted by Crippen LogP contribution is -2.28. The lowest BCUT2D eigenvalue weighted by molar-refractivity contribution is -0.118. The quantitative estimate of drug-likeness (QED) is 0.569. The van der Waals surface area contributed by atoms with Gasteiger partial charge < -0.3 is 15.8 Å². The molecule has 1 unspecified atom stereocenters. The van der Waals surface area contributed by atoms with E-state index in [0.717, 1.165) is 5.75 Å². The number of rotatable bonds is 8. The van der Waals surface area contributed by atoms with Gasteiger partial charge in [0.2, 0.25) is 5.91 Å². The summed E-state index contributed by atoms with van der Waals surface area (Å²) in [4.78, 5) is 11.2. The van der Waals surface area contributed by atoms with E-state index in [9.17, 15) is 4.79 Å². The zero-order valence-corrected chi connectivity index (χ0v) is 9.73. The summed E-state index contributed by atoms with van der Waals surface area (Å²) in [5.74, 6) is 1.99. The molecule has 0 spiro atoms. The average Bonchev–Trinajstić information content (AvgIpc) is 2.18. The second-order valence-corrected chi connectivity index (χ2v) is 4.23. The highest BCUT2D eigenvalue weighted by Gasteiger charge is 2.03. The van der Waals surface area contributed by atoms with Crippen molar-refractivity contribution in [2.24, 2.45) is 11.7 Å². The number of carbonyl (C=O) groups excluding carboxylic acids is 1. The Labute approximate surface area is 89.9 Å². The summed E-state index contributed by atoms with van der Waals surface area (Å²) in [6.45, 7) is 3.91. The van der Waals surface area contributed by atoms with Gasteiger partial charge in [0.25, 0.3) is 0 Å². The van der Waals surface area contributed by atoms with Crippen molar-refractivity contribution in [3.63, 3.8) is 0 Å². The fourth-order valence-corrected chi connectivity index (χ4v) is 1.71. The second-order valence-electron chi connectivity index (χ2n) is 3.20. The van der Waals surface area contributed by atoms with Crippen LogP contribution in [-0.4, -0.2) is 44.2 Å². The molecule has 0 bridgehead atoms. The van der Waals surface area contributed by atoms with E-state index < -0.39 is 0 Å². The van der Waals surface area contributed by atoms with Crippen molar-refractivity contribution in [2.45, 2.75) is 6.92 Å². The molecule has 84 valence electrons. The fraction of sp³-hybridized carbons (Fsp3) is 0.889. The van der Waals surface area contributed by atoms with Crippen LogP contribution in [0.2, 0.25) is 0 Å². The maximum Gasteiger partial charge on any atom is 0.230 e. The molecule has 0 saturated heterocycles. The van der Waals surface area contributed by atoms with Gasteiger partial charge in [-0.2, -0.15) is 11.8 Å². The number of nitrogens with two attached hydrogens (primary N) is 1. The standard InChI is InChI=1S/C9H20N2O2S/c1-8(5-10)6-14-7-9(12)11-3-4-13-2/h8H,3-7,10H2,1-2H3,(H,11,12). The van der Waals surface area contributed by atoms with Crippen LogP contribution in [0.15, 0.2) is 0 Å². The molecule has 0 heterocycles. The normalized spacial score (nSPS) is 12.5. The topological polar surface area (TPSA) is 64.3 Å². The van der Waals surface area contributed by atoms with Crippen LogP contribution in [0.3, 0.4) is 0 Å². The molecule has 0 aliphatic carbocycles. The Morgan fingerprint density at radius 3 is 2.93 bits per heavy atom. The van der Waals surface area contributed by atoms with E-state index in [1.807, 2.05) is 0 Å². The number of hydrogen-bond acceptors (Lipinski definition) is 4. The lowest BCUT2D eigenvalue weighted by Gasteiger charge is -2.07. The van der Waals surface area contributed by atoms with Gasteiger partial charge in [-0.05, 0) is 18.2 Å². The van der Waals surface area contributed by atoms with Crippen molar-refractivity contribution in [3.05, 3.63) is 0 Å². The molecular formula is C9H20N2O2S. The average molecular weight is 220 g/mol. The van der Waals surface area contributed by atoms with Crippen molar-refractivity contribution in [2.75, 3.05) is 38.3 Å². The number of nitrogens with one attached hydrogen (secondary N) is 1. The maximum absolute atomic E-state index is 11.2. The van der Waals surface area contributed by atoms with Crippen molar-refractivity contribution in [3.8, 4) is 0 Å². The molecule has 1 atom stereocenters. The van der Waals surface area contributed by atoms with E-state index in [1.54, 1.807) is 18.9 Å². The van der Waals surface area contributed by atoms with Gasteiger partial charge in [0, 0.05) is 13.7 Å². The molecule has 0 aromatic heterocycles. The molecule has 0 aromatic carbocycles. The molecule has 5 heteroatoms. The van der Waals surface area contributed by atoms with Gasteiger partial charge in [0.05, 0.1) is 12.4 Å². The molecule has 0 rings (SSSR count). The van der Waals surface area contributed by atoms with E-state index in [4.69, 9.17) is 10.5 Å². The highest BCUT2D eigenvalue weighted by atomic mass is 32.2. The number of ether oxygens (including phenoxy) is 1. The first kappa shape index (κ1) is 13.7. The SMILES string of the molecule is COCCNC(=O)CSCC(C)CN. The van der Waals surface area contributed by atoms with Crippen LogP contribution in [0.25, 0.3) is 0 Å². The van der Waals surface area contributed by atoms with Gasteiger partial charge in [-0.25, -0.2) is 0 Å². The van der Waals surface area contributed by atoms with Crippen molar-refractivity contribution >= 4 is 17.7 Å². The molecule has 0 aromatic rings. The van der Waals surface area contributed by atoms with Crippen LogP contribution >= 0.6 is 11.8 Å². The first-order chi connectivity index (χ1) is 6.70. The van der Waals surface area contributed by atoms with E-state index in [-0.39, 0.29) is 5.91 Å². The highest BCUT2D eigenvalue weighted by molar-refractivity contribution is 7.99. The van der Waals surface area contributed by atoms with Crippen LogP contribution in [-0.2, 0) is 9.53 Å². The Bertz CT molecular complexity index is 156. The van der Waals surface area contributed by atoms with E-state index in [2.05, 4.69) is 12.2 Å². The number of carbonyl (C=O) groups is 1. The maximum atomic E-state index is 11.2. The molecule has 1 amide bonds. The summed E-state index contributed by atoms with van der Waals surface area (Å²) in [5.41, 5.74) is 5.46. The third-order valence-electron chi connectivity index (χ3n) is 1.67. The van der Waals surface area contributed by atoms with Crippen LogP contribution < -0.4 is 11.1 Å². The van der Waals surface area contributed by atoms with Crippen molar-refractivity contribution in [1.82, 2.24) is 5.32 Å². The number of thioether (sulfide) groups is 1. The zero-order chi connectivity index (χ0) is 10.8. The Balaban J connectivity index is 3.26. The fourth-order valence-electron chi connectivity index (χ4n) is 0.764. The minimum absolute atomic E-state index is 0.0660. The van der Waals surface area contributed by atoms with Gasteiger partial charge in [-0.1, -0.05) is 6.92 Å². The molecule has 4 nitrogen and oxygen atoms in total. The Morgan fingerprint density at radius 2 is 2.36 bits per heavy atom. The third-order valence-corrected chi connectivity index (χ3v) is 2.94. The zero-order valence-electron chi connectivity index (χ0n) is 8.91. The Hall–Kier alpha value is -0.260. The number of hydrogen-bond donors (Lipinski definition) is 2. The molecular weight excluding hydrogens is 200 g/mol. The molecule has 3 N–H and O–H groups in total. The lowest BCUT2D eigenvalue weighted by atomic mass is 10.2. The highest BCUT2D eigenvalue weighted by Crippen LogP contribution is 2.06. The summed E-state index contributed by atoms with van der Waals surface area (Å²) in [7, 11) is 1.61. The van der Waals surface area contributed by atoms with Crippen LogP contribution in [0.1, 0.15) is 6.92 Å². The second kappa shape index (κ2) is 9.30. The molecule has 0 fully saturated rings. The van der Waals surface area contributed by atoms with Crippen molar-refractivity contribution < 1.29 is 9.53 Å². The summed E-state index contributed by atoms with van der Waals surface area (Å²) in [5, 5.41) is 2.76. The van der Waals surface area contributed by atoms with Gasteiger partial charge in [0.1, 0.15) is 0 Å². The smallest absolute Gasteiger partial charge is 0.230 e. The number of amides is 1. The first-order valence-electron chi connectivity index (χ1n) is 4.74. The monoisotopic (exact) mass is 220 g/mol. The third kappa shape index (κ3) is 8.34. The van der Waals surface area contributed by atoms with Gasteiger partial charge in [-0.15, -0.1) is 0 Å². The predicted octanol–water partition coefficient (Wildman–Crippen LogP) is 0.0770. The Morgan fingerprint density at radius 1 is 1.64 bits per heavy atom. The summed E-state index contributed by atoms with van der Waals surface area (Å²) >= 11 is 1.62. The molecule has 0 saturated carbocycles. The van der Waals surface area contributed by atoms with Gasteiger partial charge in [0.15, 0.2) is 0 Å². The minimum atomic E-state index is 0.0660. The van der Waals surface area contributed by atoms with Crippen LogP contribution in [0.5, 0.6) is 0 Å². The van der Waals surface area contributed by atoms with E-state index in [1.165, 1.54) is 0 Å². The molecule has 0 aliphatic rings. The Kier molecular flexibility index (Phi) is 9.13. The molecule has 14 heavy (non-hydrogen) atoms. The van der Waals surface area contributed by atoms with Gasteiger partial charge >= 0.3 is 0 Å². The van der Waals surface area contributed by atoms with E-state index in [0.29, 0.717) is 31.4 Å². The van der Waals surface area contributed by atoms with Crippen LogP contribution in [0, 0.1) is 5.92 Å². The predicted molar refractivity (Wildman–Crippen MR) is 60.4 cm³/mol.